The van der Waals surface area contributed by atoms with Gasteiger partial charge >= 0.3 is 0 Å². The number of oxazole rings is 1. The van der Waals surface area contributed by atoms with Gasteiger partial charge in [-0.1, -0.05) is 6.07 Å². The molecule has 2 aromatic heterocycles. The van der Waals surface area contributed by atoms with Crippen molar-refractivity contribution in [2.45, 2.75) is 24.6 Å². The van der Waals surface area contributed by atoms with Gasteiger partial charge in [0.25, 0.3) is 0 Å². The molecule has 0 N–H and O–H groups in total. The Bertz CT molecular complexity index is 459. The van der Waals surface area contributed by atoms with Crippen molar-refractivity contribution in [3.63, 3.8) is 0 Å². The Morgan fingerprint density at radius 1 is 1.53 bits per heavy atom. The lowest BCUT2D eigenvalue weighted by Gasteiger charge is -1.90. The summed E-state index contributed by atoms with van der Waals surface area (Å²) in [4.78, 5) is 5.62. The summed E-state index contributed by atoms with van der Waals surface area (Å²) in [5.41, 5.74) is 1.08. The van der Waals surface area contributed by atoms with E-state index in [1.54, 1.807) is 11.3 Å². The number of thiophene rings is 1. The molecule has 15 heavy (non-hydrogen) atoms. The van der Waals surface area contributed by atoms with Crippen molar-refractivity contribution in [2.24, 2.45) is 0 Å². The SMILES string of the molecule is ClCc1oc(-c2cccs2)nc1C1CC1. The highest BCUT2D eigenvalue weighted by atomic mass is 35.5. The molecule has 0 radical (unpaired) electrons. The maximum Gasteiger partial charge on any atom is 0.236 e. The second kappa shape index (κ2) is 3.65. The van der Waals surface area contributed by atoms with Gasteiger partial charge in [0.15, 0.2) is 0 Å². The van der Waals surface area contributed by atoms with Gasteiger partial charge in [0.2, 0.25) is 5.89 Å². The third kappa shape index (κ3) is 1.70. The standard InChI is InChI=1S/C11H10ClNOS/c12-6-8-10(7-3-4-7)13-11(14-8)9-2-1-5-15-9/h1-2,5,7H,3-4,6H2. The average Bonchev–Trinajstić information content (AvgIpc) is 2.83. The highest BCUT2D eigenvalue weighted by molar-refractivity contribution is 7.13. The predicted molar refractivity (Wildman–Crippen MR) is 61.3 cm³/mol. The van der Waals surface area contributed by atoms with Crippen LogP contribution in [0.25, 0.3) is 10.8 Å². The number of nitrogens with zero attached hydrogens (tertiary/aromatic N) is 1. The molecule has 3 rings (SSSR count). The van der Waals surface area contributed by atoms with E-state index in [1.807, 2.05) is 17.5 Å². The quantitative estimate of drug-likeness (QED) is 0.757. The van der Waals surface area contributed by atoms with E-state index in [9.17, 15) is 0 Å². The maximum absolute atomic E-state index is 5.85. The van der Waals surface area contributed by atoms with E-state index < -0.39 is 0 Å². The highest BCUT2D eigenvalue weighted by Gasteiger charge is 2.30. The zero-order valence-corrected chi connectivity index (χ0v) is 9.64. The van der Waals surface area contributed by atoms with E-state index in [-0.39, 0.29) is 0 Å². The van der Waals surface area contributed by atoms with Crippen LogP contribution in [0.2, 0.25) is 0 Å². The molecule has 78 valence electrons. The smallest absolute Gasteiger partial charge is 0.236 e. The first-order valence-corrected chi connectivity index (χ1v) is 6.39. The number of rotatable bonds is 3. The molecule has 0 atom stereocenters. The van der Waals surface area contributed by atoms with Gasteiger partial charge < -0.3 is 4.42 Å². The largest absolute Gasteiger partial charge is 0.439 e. The third-order valence-electron chi connectivity index (χ3n) is 2.54. The van der Waals surface area contributed by atoms with Crippen molar-refractivity contribution < 1.29 is 4.42 Å². The Labute approximate surface area is 96.9 Å². The molecule has 4 heteroatoms. The Kier molecular flexibility index (Phi) is 2.29. The molecule has 0 unspecified atom stereocenters. The predicted octanol–water partition coefficient (Wildman–Crippen LogP) is 4.02. The summed E-state index contributed by atoms with van der Waals surface area (Å²) in [5, 5.41) is 2.02. The molecule has 1 fully saturated rings. The van der Waals surface area contributed by atoms with Crippen LogP contribution in [0, 0.1) is 0 Å². The fourth-order valence-electron chi connectivity index (χ4n) is 1.64. The zero-order chi connectivity index (χ0) is 10.3. The van der Waals surface area contributed by atoms with Crippen molar-refractivity contribution in [2.75, 3.05) is 0 Å². The van der Waals surface area contributed by atoms with Crippen LogP contribution in [-0.4, -0.2) is 4.98 Å². The molecular weight excluding hydrogens is 230 g/mol. The lowest BCUT2D eigenvalue weighted by molar-refractivity contribution is 0.535. The molecule has 1 aliphatic carbocycles. The van der Waals surface area contributed by atoms with Crippen molar-refractivity contribution >= 4 is 22.9 Å². The van der Waals surface area contributed by atoms with Crippen molar-refractivity contribution in [3.8, 4) is 10.8 Å². The summed E-state index contributed by atoms with van der Waals surface area (Å²) in [7, 11) is 0. The minimum absolute atomic E-state index is 0.421. The van der Waals surface area contributed by atoms with Gasteiger partial charge in [0.1, 0.15) is 5.76 Å². The molecule has 2 aromatic rings. The van der Waals surface area contributed by atoms with Gasteiger partial charge in [0.05, 0.1) is 16.5 Å². The van der Waals surface area contributed by atoms with Crippen LogP contribution >= 0.6 is 22.9 Å². The maximum atomic E-state index is 5.85. The molecule has 1 saturated carbocycles. The molecule has 0 aromatic carbocycles. The first-order chi connectivity index (χ1) is 7.38. The summed E-state index contributed by atoms with van der Waals surface area (Å²) in [6, 6.07) is 4.02. The van der Waals surface area contributed by atoms with Crippen LogP contribution in [0.5, 0.6) is 0 Å². The van der Waals surface area contributed by atoms with Gasteiger partial charge in [0, 0.05) is 5.92 Å². The topological polar surface area (TPSA) is 26.0 Å². The van der Waals surface area contributed by atoms with Crippen LogP contribution in [0.3, 0.4) is 0 Å². The van der Waals surface area contributed by atoms with E-state index in [0.717, 1.165) is 22.2 Å². The minimum atomic E-state index is 0.421. The monoisotopic (exact) mass is 239 g/mol. The van der Waals surface area contributed by atoms with Gasteiger partial charge in [-0.05, 0) is 24.3 Å². The summed E-state index contributed by atoms with van der Waals surface area (Å²) < 4.78 is 5.68. The lowest BCUT2D eigenvalue weighted by Crippen LogP contribution is -1.84. The van der Waals surface area contributed by atoms with Crippen LogP contribution in [0.4, 0.5) is 0 Å². The summed E-state index contributed by atoms with van der Waals surface area (Å²) >= 11 is 7.49. The number of hydrogen-bond acceptors (Lipinski definition) is 3. The van der Waals surface area contributed by atoms with Gasteiger partial charge in [-0.15, -0.1) is 22.9 Å². The highest BCUT2D eigenvalue weighted by Crippen LogP contribution is 2.43. The zero-order valence-electron chi connectivity index (χ0n) is 8.07. The van der Waals surface area contributed by atoms with Crippen LogP contribution in [-0.2, 0) is 5.88 Å². The molecule has 2 nitrogen and oxygen atoms in total. The second-order valence-electron chi connectivity index (χ2n) is 3.71. The summed E-state index contributed by atoms with van der Waals surface area (Å²) in [6.45, 7) is 0. The van der Waals surface area contributed by atoms with Crippen LogP contribution < -0.4 is 0 Å². The van der Waals surface area contributed by atoms with Gasteiger partial charge in [-0.3, -0.25) is 0 Å². The summed E-state index contributed by atoms with van der Waals surface area (Å²) in [5.74, 6) is 2.59. The molecule has 1 aliphatic rings. The van der Waals surface area contributed by atoms with E-state index in [4.69, 9.17) is 16.0 Å². The van der Waals surface area contributed by atoms with Crippen LogP contribution in [0.15, 0.2) is 21.9 Å². The van der Waals surface area contributed by atoms with Gasteiger partial charge in [-0.2, -0.15) is 0 Å². The Balaban J connectivity index is 2.03. The van der Waals surface area contributed by atoms with Crippen molar-refractivity contribution in [1.82, 2.24) is 4.98 Å². The number of alkyl halides is 1. The first kappa shape index (κ1) is 9.43. The third-order valence-corrected chi connectivity index (χ3v) is 3.65. The van der Waals surface area contributed by atoms with E-state index in [0.29, 0.717) is 11.8 Å². The van der Waals surface area contributed by atoms with E-state index >= 15 is 0 Å². The van der Waals surface area contributed by atoms with E-state index in [1.165, 1.54) is 12.8 Å². The molecular formula is C11H10ClNOS. The normalized spacial score (nSPS) is 15.8. The Hall–Kier alpha value is -0.800. The number of hydrogen-bond donors (Lipinski definition) is 0. The fourth-order valence-corrected chi connectivity index (χ4v) is 2.48. The van der Waals surface area contributed by atoms with Gasteiger partial charge in [-0.25, -0.2) is 4.98 Å². The number of aromatic nitrogens is 1. The summed E-state index contributed by atoms with van der Waals surface area (Å²) in [6.07, 6.45) is 2.45. The van der Waals surface area contributed by atoms with Crippen molar-refractivity contribution in [1.29, 1.82) is 0 Å². The molecule has 0 saturated heterocycles. The Morgan fingerprint density at radius 3 is 3.00 bits per heavy atom. The molecule has 0 aliphatic heterocycles. The molecule has 0 bridgehead atoms. The lowest BCUT2D eigenvalue weighted by atomic mass is 10.2. The first-order valence-electron chi connectivity index (χ1n) is 4.98. The molecule has 2 heterocycles. The minimum Gasteiger partial charge on any atom is -0.439 e. The van der Waals surface area contributed by atoms with E-state index in [2.05, 4.69) is 4.98 Å². The Morgan fingerprint density at radius 2 is 2.40 bits per heavy atom. The van der Waals surface area contributed by atoms with Crippen molar-refractivity contribution in [3.05, 3.63) is 29.0 Å². The number of halogens is 1. The molecule has 0 amide bonds. The average molecular weight is 240 g/mol. The van der Waals surface area contributed by atoms with Crippen LogP contribution in [0.1, 0.15) is 30.2 Å². The molecule has 0 spiro atoms. The fraction of sp³-hybridized carbons (Fsp3) is 0.364. The second-order valence-corrected chi connectivity index (χ2v) is 4.93.